The molecule has 61 heavy (non-hydrogen) atoms. The smallest absolute Gasteiger partial charge is 0.164 e. The topological polar surface area (TPSA) is 68.8 Å². The minimum absolute atomic E-state index is 0.504. The van der Waals surface area contributed by atoms with Crippen molar-refractivity contribution in [2.45, 2.75) is 0 Å². The van der Waals surface area contributed by atoms with Gasteiger partial charge in [0.1, 0.15) is 0 Å². The predicted octanol–water partition coefficient (Wildman–Crippen LogP) is 13.6. The number of rotatable bonds is 10. The van der Waals surface area contributed by atoms with E-state index in [1.165, 1.54) is 39.2 Å². The second kappa shape index (κ2) is 16.5. The third-order valence-corrected chi connectivity index (χ3v) is 10.9. The monoisotopic (exact) mass is 782 g/mol. The van der Waals surface area contributed by atoms with Crippen LogP contribution in [0.1, 0.15) is 5.82 Å². The Morgan fingerprint density at radius 1 is 0.443 bits per heavy atom. The van der Waals surface area contributed by atoms with Gasteiger partial charge in [0.25, 0.3) is 0 Å². The highest BCUT2D eigenvalue weighted by Crippen LogP contribution is 2.45. The number of nitrogens with zero attached hydrogens (tertiary/aromatic N) is 6. The van der Waals surface area contributed by atoms with Crippen LogP contribution in [0.4, 0.5) is 0 Å². The summed E-state index contributed by atoms with van der Waals surface area (Å²) < 4.78 is 2.45. The number of pyridine rings is 1. The Kier molecular flexibility index (Phi) is 9.99. The Hall–Kier alpha value is -8.35. The van der Waals surface area contributed by atoms with Gasteiger partial charge in [0.05, 0.1) is 16.7 Å². The summed E-state index contributed by atoms with van der Waals surface area (Å²) in [5.41, 5.74) is 13.9. The molecule has 10 aromatic rings. The molecule has 7 aromatic carbocycles. The number of hydrogen-bond acceptors (Lipinski definition) is 5. The van der Waals surface area contributed by atoms with E-state index in [1.54, 1.807) is 24.7 Å². The zero-order chi connectivity index (χ0) is 41.0. The van der Waals surface area contributed by atoms with Crippen LogP contribution in [0, 0.1) is 0 Å². The number of benzene rings is 7. The number of allylic oxidation sites excluding steroid dienone is 1. The molecule has 0 radical (unpaired) electrons. The molecule has 0 fully saturated rings. The Morgan fingerprint density at radius 3 is 1.41 bits per heavy atom. The van der Waals surface area contributed by atoms with Crippen molar-refractivity contribution in [1.82, 2.24) is 24.5 Å². The molecule has 3 aromatic heterocycles. The molecular weight excluding hydrogens is 745 g/mol. The van der Waals surface area contributed by atoms with Crippen LogP contribution in [-0.4, -0.2) is 30.7 Å². The van der Waals surface area contributed by atoms with Gasteiger partial charge in [0, 0.05) is 57.8 Å². The quantitative estimate of drug-likeness (QED) is 0.130. The molecule has 10 rings (SSSR count). The van der Waals surface area contributed by atoms with E-state index in [2.05, 4.69) is 191 Å². The molecular formula is C55H38N6. The van der Waals surface area contributed by atoms with Crippen LogP contribution in [0.15, 0.2) is 218 Å². The summed E-state index contributed by atoms with van der Waals surface area (Å²) in [5, 5.41) is 2.35. The number of fused-ring (bicyclic) bond motifs is 3. The zero-order valence-electron chi connectivity index (χ0n) is 33.2. The maximum atomic E-state index is 5.12. The van der Waals surface area contributed by atoms with Crippen molar-refractivity contribution in [2.75, 3.05) is 0 Å². The Labute approximate surface area is 354 Å². The molecule has 0 aliphatic carbocycles. The van der Waals surface area contributed by atoms with Gasteiger partial charge in [-0.25, -0.2) is 15.0 Å². The van der Waals surface area contributed by atoms with Gasteiger partial charge in [-0.2, -0.15) is 0 Å². The molecule has 0 bridgehead atoms. The van der Waals surface area contributed by atoms with Crippen molar-refractivity contribution < 1.29 is 0 Å². The predicted molar refractivity (Wildman–Crippen MR) is 252 cm³/mol. The van der Waals surface area contributed by atoms with E-state index < -0.39 is 0 Å². The summed E-state index contributed by atoms with van der Waals surface area (Å²) in [4.78, 5) is 23.4. The molecule has 6 nitrogen and oxygen atoms in total. The number of hydrogen-bond donors (Lipinski definition) is 0. The van der Waals surface area contributed by atoms with E-state index >= 15 is 0 Å². The molecule has 0 N–H and O–H groups in total. The molecule has 0 atom stereocenters. The van der Waals surface area contributed by atoms with Crippen LogP contribution in [-0.2, 0) is 0 Å². The van der Waals surface area contributed by atoms with E-state index in [9.17, 15) is 0 Å². The van der Waals surface area contributed by atoms with E-state index in [0.29, 0.717) is 17.5 Å². The highest BCUT2D eigenvalue weighted by Gasteiger charge is 2.23. The van der Waals surface area contributed by atoms with Gasteiger partial charge in [0.2, 0.25) is 0 Å². The van der Waals surface area contributed by atoms with Crippen molar-refractivity contribution in [2.24, 2.45) is 4.99 Å². The van der Waals surface area contributed by atoms with Crippen molar-refractivity contribution in [1.29, 1.82) is 0 Å². The second-order valence-electron chi connectivity index (χ2n) is 14.6. The summed E-state index contributed by atoms with van der Waals surface area (Å²) >= 11 is 0. The van der Waals surface area contributed by atoms with Crippen LogP contribution in [0.2, 0.25) is 0 Å². The maximum absolute atomic E-state index is 5.12. The highest BCUT2D eigenvalue weighted by molar-refractivity contribution is 6.13. The first kappa shape index (κ1) is 37.0. The second-order valence-corrected chi connectivity index (χ2v) is 14.6. The van der Waals surface area contributed by atoms with Gasteiger partial charge in [0.15, 0.2) is 17.5 Å². The first-order valence-electron chi connectivity index (χ1n) is 20.2. The Balaban J connectivity index is 1.29. The molecule has 0 saturated carbocycles. The summed E-state index contributed by atoms with van der Waals surface area (Å²) in [6.07, 6.45) is 10.3. The molecule has 3 heterocycles. The van der Waals surface area contributed by atoms with Crippen molar-refractivity contribution in [3.63, 3.8) is 0 Å². The third kappa shape index (κ3) is 7.35. The largest absolute Gasteiger partial charge is 0.308 e. The lowest BCUT2D eigenvalue weighted by atomic mass is 9.92. The van der Waals surface area contributed by atoms with Gasteiger partial charge in [-0.3, -0.25) is 9.98 Å². The highest BCUT2D eigenvalue weighted by atomic mass is 15.0. The summed E-state index contributed by atoms with van der Waals surface area (Å²) in [6.45, 7) is 3.69. The summed E-state index contributed by atoms with van der Waals surface area (Å²) in [5.74, 6) is 1.60. The zero-order valence-corrected chi connectivity index (χ0v) is 33.2. The van der Waals surface area contributed by atoms with E-state index in [0.717, 1.165) is 50.1 Å². The molecule has 0 aliphatic rings. The third-order valence-electron chi connectivity index (χ3n) is 10.9. The molecule has 288 valence electrons. The Bertz CT molecular complexity index is 3070. The van der Waals surface area contributed by atoms with Crippen LogP contribution >= 0.6 is 0 Å². The standard InChI is InChI=1S/C55H38N6/c1-2-56-31-15-24-52-58-54(42-29-32-57-33-30-42)60-55(59-52)45-36-46(40-20-11-5-12-21-40)53(47(37-45)41-22-13-6-14-23-41)61-50-27-25-43(38-16-7-3-8-17-38)34-48(50)49-35-44(26-28-51(49)61)39-18-9-4-10-19-39/h2-37H,1H2/b24-15+,56-31?. The lowest BCUT2D eigenvalue weighted by molar-refractivity contribution is 1.04. The fraction of sp³-hybridized carbons (Fsp3) is 0. The normalized spacial score (nSPS) is 11.5. The first-order chi connectivity index (χ1) is 30.2. The van der Waals surface area contributed by atoms with E-state index in [-0.39, 0.29) is 0 Å². The maximum Gasteiger partial charge on any atom is 0.164 e. The van der Waals surface area contributed by atoms with Crippen LogP contribution in [0.3, 0.4) is 0 Å². The van der Waals surface area contributed by atoms with Crippen molar-refractivity contribution in [3.05, 3.63) is 219 Å². The van der Waals surface area contributed by atoms with Crippen molar-refractivity contribution in [3.8, 4) is 73.0 Å². The summed E-state index contributed by atoms with van der Waals surface area (Å²) in [7, 11) is 0. The lowest BCUT2D eigenvalue weighted by Gasteiger charge is -2.21. The molecule has 0 unspecified atom stereocenters. The molecule has 0 spiro atoms. The van der Waals surface area contributed by atoms with Crippen LogP contribution in [0.25, 0.3) is 101 Å². The molecule has 0 aliphatic heterocycles. The molecule has 0 amide bonds. The minimum atomic E-state index is 0.504. The number of aliphatic imine (C=N–C) groups is 1. The number of aromatic nitrogens is 5. The Morgan fingerprint density at radius 2 is 0.918 bits per heavy atom. The van der Waals surface area contributed by atoms with Crippen molar-refractivity contribution >= 4 is 34.1 Å². The van der Waals surface area contributed by atoms with Crippen LogP contribution < -0.4 is 0 Å². The van der Waals surface area contributed by atoms with E-state index in [4.69, 9.17) is 15.0 Å². The SMILES string of the molecule is C=CN=C/C=C/c1nc(-c2ccncc2)nc(-c2cc(-c3ccccc3)c(-n3c4ccc(-c5ccccc5)cc4c4cc(-c5ccccc5)ccc43)c(-c3ccccc3)c2)n1. The molecule has 0 saturated heterocycles. The fourth-order valence-electron chi connectivity index (χ4n) is 8.03. The molecule has 6 heteroatoms. The minimum Gasteiger partial charge on any atom is -0.308 e. The average Bonchev–Trinajstić information content (AvgIpc) is 3.66. The van der Waals surface area contributed by atoms with Gasteiger partial charge in [-0.15, -0.1) is 0 Å². The van der Waals surface area contributed by atoms with Gasteiger partial charge >= 0.3 is 0 Å². The average molecular weight is 783 g/mol. The lowest BCUT2D eigenvalue weighted by Crippen LogP contribution is -2.04. The van der Waals surface area contributed by atoms with Gasteiger partial charge < -0.3 is 4.57 Å². The van der Waals surface area contributed by atoms with Crippen LogP contribution in [0.5, 0.6) is 0 Å². The van der Waals surface area contributed by atoms with Gasteiger partial charge in [-0.1, -0.05) is 140 Å². The summed E-state index contributed by atoms with van der Waals surface area (Å²) in [6, 6.07) is 64.4. The van der Waals surface area contributed by atoms with Gasteiger partial charge in [-0.05, 0) is 94.1 Å². The fourth-order valence-corrected chi connectivity index (χ4v) is 8.03. The first-order valence-corrected chi connectivity index (χ1v) is 20.2. The van der Waals surface area contributed by atoms with E-state index in [1.807, 2.05) is 18.2 Å².